The van der Waals surface area contributed by atoms with E-state index in [-0.39, 0.29) is 24.3 Å². The zero-order chi connectivity index (χ0) is 19.7. The van der Waals surface area contributed by atoms with Crippen molar-refractivity contribution in [1.29, 1.82) is 0 Å². The highest BCUT2D eigenvalue weighted by Gasteiger charge is 2.27. The Balaban J connectivity index is 1.40. The summed E-state index contributed by atoms with van der Waals surface area (Å²) >= 11 is 6.21. The van der Waals surface area contributed by atoms with Crippen molar-refractivity contribution < 1.29 is 18.4 Å². The predicted octanol–water partition coefficient (Wildman–Crippen LogP) is 3.95. The summed E-state index contributed by atoms with van der Waals surface area (Å²) in [7, 11) is 0. The minimum absolute atomic E-state index is 0.0795. The van der Waals surface area contributed by atoms with Gasteiger partial charge in [-0.2, -0.15) is 0 Å². The number of likely N-dealkylation sites (tertiary alicyclic amines) is 1. The quantitative estimate of drug-likeness (QED) is 0.719. The van der Waals surface area contributed by atoms with Gasteiger partial charge in [0, 0.05) is 35.1 Å². The molecule has 1 aromatic carbocycles. The number of nitrogens with zero attached hydrogens (tertiary/aromatic N) is 1. The van der Waals surface area contributed by atoms with Crippen LogP contribution in [0.5, 0.6) is 0 Å². The van der Waals surface area contributed by atoms with Crippen molar-refractivity contribution in [3.8, 4) is 0 Å². The smallest absolute Gasteiger partial charge is 0.289 e. The van der Waals surface area contributed by atoms with Gasteiger partial charge in [-0.1, -0.05) is 11.6 Å². The molecule has 7 heteroatoms. The van der Waals surface area contributed by atoms with E-state index in [9.17, 15) is 9.59 Å². The molecule has 1 aliphatic heterocycles. The molecular formula is C21H21ClN2O4. The molecular weight excluding hydrogens is 380 g/mol. The van der Waals surface area contributed by atoms with Crippen LogP contribution in [0.4, 0.5) is 0 Å². The van der Waals surface area contributed by atoms with E-state index in [1.807, 2.05) is 19.1 Å². The molecule has 0 spiro atoms. The van der Waals surface area contributed by atoms with E-state index in [1.54, 1.807) is 23.3 Å². The normalized spacial score (nSPS) is 17.1. The van der Waals surface area contributed by atoms with Crippen molar-refractivity contribution in [2.45, 2.75) is 32.2 Å². The summed E-state index contributed by atoms with van der Waals surface area (Å²) in [4.78, 5) is 26.7. The lowest BCUT2D eigenvalue weighted by Gasteiger charge is -2.32. The molecule has 0 saturated carbocycles. The summed E-state index contributed by atoms with van der Waals surface area (Å²) in [6.45, 7) is 3.05. The van der Waals surface area contributed by atoms with Gasteiger partial charge >= 0.3 is 0 Å². The number of halogens is 1. The molecule has 146 valence electrons. The molecule has 1 saturated heterocycles. The molecule has 1 N–H and O–H groups in total. The van der Waals surface area contributed by atoms with Crippen LogP contribution in [0.15, 0.2) is 45.6 Å². The highest BCUT2D eigenvalue weighted by Crippen LogP contribution is 2.28. The van der Waals surface area contributed by atoms with E-state index in [1.165, 1.54) is 6.26 Å². The van der Waals surface area contributed by atoms with Crippen LogP contribution in [-0.4, -0.2) is 35.8 Å². The Labute approximate surface area is 167 Å². The number of aryl methyl sites for hydroxylation is 1. The number of hydrogen-bond donors (Lipinski definition) is 1. The lowest BCUT2D eigenvalue weighted by molar-refractivity contribution is -0.121. The summed E-state index contributed by atoms with van der Waals surface area (Å²) in [6, 6.07) is 6.98. The molecule has 6 nitrogen and oxygen atoms in total. The molecule has 0 radical (unpaired) electrons. The van der Waals surface area contributed by atoms with Gasteiger partial charge in [-0.05, 0) is 49.6 Å². The number of carbonyl (C=O) groups is 2. The van der Waals surface area contributed by atoms with Crippen LogP contribution >= 0.6 is 11.6 Å². The summed E-state index contributed by atoms with van der Waals surface area (Å²) in [5.41, 5.74) is 2.45. The number of furan rings is 2. The van der Waals surface area contributed by atoms with Crippen molar-refractivity contribution in [3.05, 3.63) is 58.7 Å². The topological polar surface area (TPSA) is 75.7 Å². The van der Waals surface area contributed by atoms with Crippen LogP contribution in [0.1, 0.15) is 34.5 Å². The molecule has 2 aromatic heterocycles. The molecule has 0 bridgehead atoms. The van der Waals surface area contributed by atoms with Crippen molar-refractivity contribution >= 4 is 34.4 Å². The van der Waals surface area contributed by atoms with Crippen LogP contribution in [0.2, 0.25) is 5.02 Å². The second kappa shape index (κ2) is 7.72. The first kappa shape index (κ1) is 18.6. The Morgan fingerprint density at radius 1 is 1.32 bits per heavy atom. The average Bonchev–Trinajstić information content (AvgIpc) is 3.33. The van der Waals surface area contributed by atoms with Gasteiger partial charge < -0.3 is 19.1 Å². The van der Waals surface area contributed by atoms with Gasteiger partial charge in [-0.15, -0.1) is 0 Å². The number of fused-ring (bicyclic) bond motifs is 1. The van der Waals surface area contributed by atoms with Gasteiger partial charge in [0.25, 0.3) is 5.91 Å². The van der Waals surface area contributed by atoms with Crippen LogP contribution in [0, 0.1) is 6.92 Å². The maximum absolute atomic E-state index is 12.6. The summed E-state index contributed by atoms with van der Waals surface area (Å²) < 4.78 is 10.8. The molecule has 1 fully saturated rings. The Bertz CT molecular complexity index is 1010. The number of amides is 2. The second-order valence-corrected chi connectivity index (χ2v) is 7.58. The number of hydrogen-bond acceptors (Lipinski definition) is 4. The SMILES string of the molecule is Cc1cc2occ(CC(=O)NC3CCCN(C(=O)c4ccco4)C3)c2cc1Cl. The van der Waals surface area contributed by atoms with Gasteiger partial charge in [-0.3, -0.25) is 9.59 Å². The maximum Gasteiger partial charge on any atom is 0.289 e. The fourth-order valence-corrected chi connectivity index (χ4v) is 3.79. The fourth-order valence-electron chi connectivity index (χ4n) is 3.63. The van der Waals surface area contributed by atoms with E-state index in [4.69, 9.17) is 20.4 Å². The molecule has 3 heterocycles. The standard InChI is InChI=1S/C21H21ClN2O4/c1-13-8-19-16(10-17(13)22)14(12-28-19)9-20(25)23-15-4-2-6-24(11-15)21(26)18-5-3-7-27-18/h3,5,7-8,10,12,15H,2,4,6,9,11H2,1H3,(H,23,25). The first-order valence-corrected chi connectivity index (χ1v) is 9.67. The number of carbonyl (C=O) groups excluding carboxylic acids is 2. The third-order valence-electron chi connectivity index (χ3n) is 5.09. The molecule has 3 aromatic rings. The van der Waals surface area contributed by atoms with Crippen LogP contribution in [0.3, 0.4) is 0 Å². The number of benzene rings is 1. The molecule has 2 amide bonds. The summed E-state index contributed by atoms with van der Waals surface area (Å²) in [6.07, 6.45) is 4.97. The van der Waals surface area contributed by atoms with E-state index >= 15 is 0 Å². The average molecular weight is 401 g/mol. The van der Waals surface area contributed by atoms with Crippen molar-refractivity contribution in [1.82, 2.24) is 10.2 Å². The van der Waals surface area contributed by atoms with Crippen LogP contribution in [-0.2, 0) is 11.2 Å². The van der Waals surface area contributed by atoms with Crippen molar-refractivity contribution in [2.75, 3.05) is 13.1 Å². The largest absolute Gasteiger partial charge is 0.464 e. The second-order valence-electron chi connectivity index (χ2n) is 7.17. The third-order valence-corrected chi connectivity index (χ3v) is 5.50. The van der Waals surface area contributed by atoms with Gasteiger partial charge in [0.15, 0.2) is 5.76 Å². The molecule has 1 aliphatic rings. The Morgan fingerprint density at radius 3 is 2.96 bits per heavy atom. The summed E-state index contributed by atoms with van der Waals surface area (Å²) in [5, 5.41) is 4.54. The fraction of sp³-hybridized carbons (Fsp3) is 0.333. The van der Waals surface area contributed by atoms with Crippen LogP contribution < -0.4 is 5.32 Å². The van der Waals surface area contributed by atoms with E-state index in [0.717, 1.165) is 34.9 Å². The molecule has 28 heavy (non-hydrogen) atoms. The first-order chi connectivity index (χ1) is 13.5. The molecule has 1 atom stereocenters. The van der Waals surface area contributed by atoms with E-state index in [0.29, 0.717) is 23.9 Å². The van der Waals surface area contributed by atoms with Gasteiger partial charge in [0.05, 0.1) is 18.9 Å². The lowest BCUT2D eigenvalue weighted by atomic mass is 10.0. The van der Waals surface area contributed by atoms with Crippen molar-refractivity contribution in [3.63, 3.8) is 0 Å². The minimum Gasteiger partial charge on any atom is -0.464 e. The minimum atomic E-state index is -0.144. The zero-order valence-electron chi connectivity index (χ0n) is 15.5. The first-order valence-electron chi connectivity index (χ1n) is 9.29. The summed E-state index contributed by atoms with van der Waals surface area (Å²) in [5.74, 6) is 0.0792. The Morgan fingerprint density at radius 2 is 2.18 bits per heavy atom. The van der Waals surface area contributed by atoms with Gasteiger partial charge in [0.1, 0.15) is 5.58 Å². The zero-order valence-corrected chi connectivity index (χ0v) is 16.3. The van der Waals surface area contributed by atoms with Gasteiger partial charge in [-0.25, -0.2) is 0 Å². The number of piperidine rings is 1. The monoisotopic (exact) mass is 400 g/mol. The predicted molar refractivity (Wildman–Crippen MR) is 105 cm³/mol. The Kier molecular flexibility index (Phi) is 5.13. The molecule has 4 rings (SSSR count). The highest BCUT2D eigenvalue weighted by molar-refractivity contribution is 6.32. The number of nitrogens with one attached hydrogen (secondary N) is 1. The molecule has 0 aliphatic carbocycles. The third kappa shape index (κ3) is 3.78. The molecule has 1 unspecified atom stereocenters. The number of rotatable bonds is 4. The van der Waals surface area contributed by atoms with Gasteiger partial charge in [0.2, 0.25) is 5.91 Å². The van der Waals surface area contributed by atoms with E-state index in [2.05, 4.69) is 5.32 Å². The highest BCUT2D eigenvalue weighted by atomic mass is 35.5. The van der Waals surface area contributed by atoms with Crippen molar-refractivity contribution in [2.24, 2.45) is 0 Å². The Hall–Kier alpha value is -2.73. The maximum atomic E-state index is 12.6. The lowest BCUT2D eigenvalue weighted by Crippen LogP contribution is -2.49. The van der Waals surface area contributed by atoms with E-state index < -0.39 is 0 Å². The van der Waals surface area contributed by atoms with Crippen LogP contribution in [0.25, 0.3) is 11.0 Å².